The summed E-state index contributed by atoms with van der Waals surface area (Å²) in [6.45, 7) is 2.25. The first-order valence-electron chi connectivity index (χ1n) is 6.92. The van der Waals surface area contributed by atoms with Gasteiger partial charge in [0.15, 0.2) is 5.76 Å². The zero-order valence-corrected chi connectivity index (χ0v) is 12.9. The van der Waals surface area contributed by atoms with Crippen molar-refractivity contribution in [2.45, 2.75) is 12.5 Å². The minimum absolute atomic E-state index is 0.0488. The van der Waals surface area contributed by atoms with Gasteiger partial charge in [-0.25, -0.2) is 0 Å². The van der Waals surface area contributed by atoms with Crippen molar-refractivity contribution in [1.29, 1.82) is 0 Å². The van der Waals surface area contributed by atoms with Crippen molar-refractivity contribution >= 4 is 23.6 Å². The molecule has 2 rings (SSSR count). The first kappa shape index (κ1) is 15.9. The molecule has 1 unspecified atom stereocenters. The van der Waals surface area contributed by atoms with E-state index in [1.54, 1.807) is 28.8 Å². The topological polar surface area (TPSA) is 71.8 Å². The number of carbonyl (C=O) groups is 2. The average molecular weight is 312 g/mol. The van der Waals surface area contributed by atoms with Gasteiger partial charge in [0.25, 0.3) is 5.91 Å². The number of hydrogen-bond donors (Lipinski definition) is 1. The van der Waals surface area contributed by atoms with Gasteiger partial charge < -0.3 is 19.4 Å². The fourth-order valence-corrected chi connectivity index (χ4v) is 2.61. The lowest BCUT2D eigenvalue weighted by Crippen LogP contribution is -2.52. The Bertz CT molecular complexity index is 458. The van der Waals surface area contributed by atoms with Gasteiger partial charge in [0.1, 0.15) is 6.04 Å². The van der Waals surface area contributed by atoms with Gasteiger partial charge in [-0.05, 0) is 30.6 Å². The van der Waals surface area contributed by atoms with Crippen molar-refractivity contribution < 1.29 is 18.7 Å². The standard InChI is InChI=1S/C14H20N2O4S/c1-21-10-4-11(14(18)16-5-8-19-9-6-16)15-13(17)12-3-2-7-20-12/h2-3,7,11H,4-6,8-10H2,1H3,(H,15,17). The van der Waals surface area contributed by atoms with Crippen molar-refractivity contribution in [3.8, 4) is 0 Å². The van der Waals surface area contributed by atoms with Crippen molar-refractivity contribution in [1.82, 2.24) is 10.2 Å². The highest BCUT2D eigenvalue weighted by atomic mass is 32.2. The molecule has 7 heteroatoms. The van der Waals surface area contributed by atoms with Crippen molar-refractivity contribution in [2.75, 3.05) is 38.3 Å². The number of carbonyl (C=O) groups excluding carboxylic acids is 2. The molecule has 6 nitrogen and oxygen atoms in total. The molecule has 1 aliphatic rings. The fraction of sp³-hybridized carbons (Fsp3) is 0.571. The number of furan rings is 1. The zero-order valence-electron chi connectivity index (χ0n) is 12.0. The molecular formula is C14H20N2O4S. The third-order valence-electron chi connectivity index (χ3n) is 3.28. The smallest absolute Gasteiger partial charge is 0.287 e. The summed E-state index contributed by atoms with van der Waals surface area (Å²) in [5, 5.41) is 2.77. The molecule has 116 valence electrons. The lowest BCUT2D eigenvalue weighted by Gasteiger charge is -2.30. The van der Waals surface area contributed by atoms with E-state index in [4.69, 9.17) is 9.15 Å². The predicted octanol–water partition coefficient (Wildman–Crippen LogP) is 0.990. The maximum atomic E-state index is 12.5. The van der Waals surface area contributed by atoms with E-state index in [0.29, 0.717) is 32.7 Å². The van der Waals surface area contributed by atoms with Gasteiger partial charge in [-0.3, -0.25) is 9.59 Å². The van der Waals surface area contributed by atoms with Crippen LogP contribution in [0.1, 0.15) is 17.0 Å². The van der Waals surface area contributed by atoms with Gasteiger partial charge in [-0.1, -0.05) is 0 Å². The molecule has 0 aliphatic carbocycles. The van der Waals surface area contributed by atoms with Crippen LogP contribution in [-0.2, 0) is 9.53 Å². The van der Waals surface area contributed by atoms with Crippen molar-refractivity contribution in [3.05, 3.63) is 24.2 Å². The Morgan fingerprint density at radius 3 is 2.81 bits per heavy atom. The van der Waals surface area contributed by atoms with E-state index in [-0.39, 0.29) is 17.6 Å². The van der Waals surface area contributed by atoms with Crippen LogP contribution in [0.5, 0.6) is 0 Å². The third kappa shape index (κ3) is 4.50. The van der Waals surface area contributed by atoms with E-state index < -0.39 is 6.04 Å². The number of thioether (sulfide) groups is 1. The maximum Gasteiger partial charge on any atom is 0.287 e. The van der Waals surface area contributed by atoms with E-state index in [1.807, 2.05) is 6.26 Å². The van der Waals surface area contributed by atoms with Crippen LogP contribution in [0.25, 0.3) is 0 Å². The van der Waals surface area contributed by atoms with Gasteiger partial charge >= 0.3 is 0 Å². The molecule has 1 aromatic heterocycles. The van der Waals surface area contributed by atoms with E-state index in [2.05, 4.69) is 5.32 Å². The Kier molecular flexibility index (Phi) is 6.13. The van der Waals surface area contributed by atoms with Gasteiger partial charge in [-0.15, -0.1) is 0 Å². The van der Waals surface area contributed by atoms with Crippen LogP contribution in [0.3, 0.4) is 0 Å². The number of morpholine rings is 1. The Morgan fingerprint density at radius 2 is 2.19 bits per heavy atom. The molecule has 2 amide bonds. The summed E-state index contributed by atoms with van der Waals surface area (Å²) in [5.74, 6) is 0.623. The highest BCUT2D eigenvalue weighted by Crippen LogP contribution is 2.09. The summed E-state index contributed by atoms with van der Waals surface area (Å²) >= 11 is 1.65. The number of hydrogen-bond acceptors (Lipinski definition) is 5. The minimum Gasteiger partial charge on any atom is -0.459 e. The van der Waals surface area contributed by atoms with Gasteiger partial charge in [0.05, 0.1) is 19.5 Å². The lowest BCUT2D eigenvalue weighted by molar-refractivity contribution is -0.137. The number of amides is 2. The maximum absolute atomic E-state index is 12.5. The predicted molar refractivity (Wildman–Crippen MR) is 80.4 cm³/mol. The molecule has 1 aliphatic heterocycles. The highest BCUT2D eigenvalue weighted by Gasteiger charge is 2.27. The first-order chi connectivity index (χ1) is 10.2. The second-order valence-corrected chi connectivity index (χ2v) is 5.71. The molecule has 0 bridgehead atoms. The van der Waals surface area contributed by atoms with E-state index in [0.717, 1.165) is 5.75 Å². The van der Waals surface area contributed by atoms with E-state index >= 15 is 0 Å². The van der Waals surface area contributed by atoms with Crippen LogP contribution in [0, 0.1) is 0 Å². The molecule has 1 saturated heterocycles. The Hall–Kier alpha value is -1.47. The third-order valence-corrected chi connectivity index (χ3v) is 3.93. The SMILES string of the molecule is CSCCC(NC(=O)c1ccco1)C(=O)N1CCOCC1. The number of rotatable bonds is 6. The molecule has 1 fully saturated rings. The molecule has 21 heavy (non-hydrogen) atoms. The highest BCUT2D eigenvalue weighted by molar-refractivity contribution is 7.98. The first-order valence-corrected chi connectivity index (χ1v) is 8.31. The molecule has 1 N–H and O–H groups in total. The van der Waals surface area contributed by atoms with Crippen molar-refractivity contribution in [3.63, 3.8) is 0 Å². The molecule has 2 heterocycles. The molecular weight excluding hydrogens is 292 g/mol. The number of nitrogens with zero attached hydrogens (tertiary/aromatic N) is 1. The second kappa shape index (κ2) is 8.09. The summed E-state index contributed by atoms with van der Waals surface area (Å²) in [4.78, 5) is 26.3. The Balaban J connectivity index is 1.99. The molecule has 1 aromatic rings. The molecule has 0 aromatic carbocycles. The van der Waals surface area contributed by atoms with Crippen LogP contribution in [0.2, 0.25) is 0 Å². The summed E-state index contributed by atoms with van der Waals surface area (Å²) in [6, 6.07) is 2.71. The lowest BCUT2D eigenvalue weighted by atomic mass is 10.1. The van der Waals surface area contributed by atoms with Crippen molar-refractivity contribution in [2.24, 2.45) is 0 Å². The van der Waals surface area contributed by atoms with Gasteiger partial charge in [0, 0.05) is 13.1 Å². The molecule has 0 spiro atoms. The summed E-state index contributed by atoms with van der Waals surface area (Å²) in [6.07, 6.45) is 4.02. The van der Waals surface area contributed by atoms with Gasteiger partial charge in [-0.2, -0.15) is 11.8 Å². The Labute approximate surface area is 128 Å². The summed E-state index contributed by atoms with van der Waals surface area (Å²) < 4.78 is 10.3. The number of ether oxygens (including phenoxy) is 1. The zero-order chi connectivity index (χ0) is 15.1. The second-order valence-electron chi connectivity index (χ2n) is 4.72. The normalized spacial score (nSPS) is 16.5. The van der Waals surface area contributed by atoms with Crippen LogP contribution in [-0.4, -0.2) is 61.1 Å². The van der Waals surface area contributed by atoms with E-state index in [9.17, 15) is 9.59 Å². The Morgan fingerprint density at radius 1 is 1.43 bits per heavy atom. The summed E-state index contributed by atoms with van der Waals surface area (Å²) in [7, 11) is 0. The molecule has 1 atom stereocenters. The van der Waals surface area contributed by atoms with Crippen LogP contribution in [0.15, 0.2) is 22.8 Å². The monoisotopic (exact) mass is 312 g/mol. The molecule has 0 radical (unpaired) electrons. The molecule has 0 saturated carbocycles. The van der Waals surface area contributed by atoms with Crippen LogP contribution >= 0.6 is 11.8 Å². The van der Waals surface area contributed by atoms with E-state index in [1.165, 1.54) is 6.26 Å². The summed E-state index contributed by atoms with van der Waals surface area (Å²) in [5.41, 5.74) is 0. The van der Waals surface area contributed by atoms with Crippen LogP contribution in [0.4, 0.5) is 0 Å². The quantitative estimate of drug-likeness (QED) is 0.848. The van der Waals surface area contributed by atoms with Crippen LogP contribution < -0.4 is 5.32 Å². The minimum atomic E-state index is -0.520. The van der Waals surface area contributed by atoms with Gasteiger partial charge in [0.2, 0.25) is 5.91 Å². The average Bonchev–Trinajstić information content (AvgIpc) is 3.06. The largest absolute Gasteiger partial charge is 0.459 e. The number of nitrogens with one attached hydrogen (secondary N) is 1. The fourth-order valence-electron chi connectivity index (χ4n) is 2.13.